The van der Waals surface area contributed by atoms with Crippen molar-refractivity contribution in [3.8, 4) is 0 Å². The van der Waals surface area contributed by atoms with Crippen LogP contribution >= 0.6 is 15.9 Å². The number of hydrogen-bond acceptors (Lipinski definition) is 14. The zero-order chi connectivity index (χ0) is 63.1. The Hall–Kier alpha value is -5.57. The van der Waals surface area contributed by atoms with Crippen molar-refractivity contribution in [2.45, 2.75) is 199 Å². The van der Waals surface area contributed by atoms with E-state index in [1.807, 2.05) is 85.7 Å². The molecule has 0 saturated heterocycles. The molecule has 8 atom stereocenters. The molecule has 17 N–H and O–H groups in total. The van der Waals surface area contributed by atoms with Gasteiger partial charge in [-0.15, -0.1) is 0 Å². The summed E-state index contributed by atoms with van der Waals surface area (Å²) in [5.74, 6) is -6.00. The SMILES string of the molecule is CC(C)C[C@H](NC(=O)[C@H](CC(C)C)NC(=O)[C@H](CCCCN)NC(=O)[C@H](CCCCN)NC(=O)[C@H](CC(C)C)NC(=O)[C@H](CC(C)C)NC(=O)[C@H](CCCCN)NC(=O)CN(C[C@@H](N)Cc1ccccc1)S(=O)(=O)c1ccc(Br)cc1)C(N)=O. The molecule has 25 heteroatoms. The third-order valence-corrected chi connectivity index (χ3v) is 16.1. The maximum atomic E-state index is 14.5. The van der Waals surface area contributed by atoms with Crippen LogP contribution in [0.4, 0.5) is 0 Å². The van der Waals surface area contributed by atoms with E-state index in [-0.39, 0.29) is 86.6 Å². The molecule has 0 heterocycles. The van der Waals surface area contributed by atoms with Gasteiger partial charge in [0.15, 0.2) is 0 Å². The lowest BCUT2D eigenvalue weighted by Crippen LogP contribution is -2.60. The number of sulfonamides is 1. The molecule has 0 aliphatic heterocycles. The van der Waals surface area contributed by atoms with Gasteiger partial charge in [0.1, 0.15) is 42.3 Å². The highest BCUT2D eigenvalue weighted by Gasteiger charge is 2.36. The van der Waals surface area contributed by atoms with E-state index in [0.29, 0.717) is 62.5 Å². The zero-order valence-electron chi connectivity index (χ0n) is 50.8. The summed E-state index contributed by atoms with van der Waals surface area (Å²) in [5, 5.41) is 19.4. The third-order valence-electron chi connectivity index (χ3n) is 13.7. The van der Waals surface area contributed by atoms with Crippen LogP contribution in [0, 0.1) is 23.7 Å². The van der Waals surface area contributed by atoms with Crippen LogP contribution in [-0.2, 0) is 54.8 Å². The van der Waals surface area contributed by atoms with E-state index >= 15 is 0 Å². The first kappa shape index (κ1) is 74.5. The van der Waals surface area contributed by atoms with Crippen LogP contribution in [0.1, 0.15) is 144 Å². The van der Waals surface area contributed by atoms with Crippen LogP contribution in [-0.4, -0.2) is 141 Å². The van der Waals surface area contributed by atoms with E-state index in [1.54, 1.807) is 12.1 Å². The van der Waals surface area contributed by atoms with Gasteiger partial charge >= 0.3 is 0 Å². The van der Waals surface area contributed by atoms with Crippen LogP contribution < -0.4 is 65.9 Å². The van der Waals surface area contributed by atoms with Crippen LogP contribution in [0.3, 0.4) is 0 Å². The fourth-order valence-electron chi connectivity index (χ4n) is 9.39. The van der Waals surface area contributed by atoms with Crippen LogP contribution in [0.2, 0.25) is 0 Å². The van der Waals surface area contributed by atoms with Gasteiger partial charge in [-0.3, -0.25) is 38.4 Å². The fraction of sp³-hybridized carbons (Fsp3) is 0.661. The molecule has 474 valence electrons. The highest BCUT2D eigenvalue weighted by molar-refractivity contribution is 9.10. The Kier molecular flexibility index (Phi) is 34.8. The Labute approximate surface area is 507 Å². The molecule has 84 heavy (non-hydrogen) atoms. The Balaban J connectivity index is 2.46. The van der Waals surface area contributed by atoms with Crippen LogP contribution in [0.15, 0.2) is 64.0 Å². The number of nitrogens with zero attached hydrogens (tertiary/aromatic N) is 1. The van der Waals surface area contributed by atoms with E-state index in [9.17, 15) is 46.8 Å². The minimum atomic E-state index is -4.30. The predicted octanol–water partition coefficient (Wildman–Crippen LogP) is 2.46. The number of benzene rings is 2. The number of nitrogens with one attached hydrogen (secondary N) is 7. The lowest BCUT2D eigenvalue weighted by molar-refractivity contribution is -0.136. The Morgan fingerprint density at radius 1 is 0.476 bits per heavy atom. The highest BCUT2D eigenvalue weighted by Crippen LogP contribution is 2.21. The summed E-state index contributed by atoms with van der Waals surface area (Å²) >= 11 is 3.33. The van der Waals surface area contributed by atoms with Gasteiger partial charge < -0.3 is 65.9 Å². The minimum absolute atomic E-state index is 0.0268. The van der Waals surface area contributed by atoms with Crippen molar-refractivity contribution in [3.05, 3.63) is 64.6 Å². The van der Waals surface area contributed by atoms with Gasteiger partial charge in [-0.05, 0) is 163 Å². The lowest BCUT2D eigenvalue weighted by Gasteiger charge is -2.29. The first-order chi connectivity index (χ1) is 39.6. The highest BCUT2D eigenvalue weighted by atomic mass is 79.9. The maximum Gasteiger partial charge on any atom is 0.243 e. The van der Waals surface area contributed by atoms with E-state index < -0.39 is 112 Å². The number of primary amides is 1. The summed E-state index contributed by atoms with van der Waals surface area (Å²) in [6, 6.07) is 6.34. The molecule has 0 bridgehead atoms. The molecule has 0 aliphatic carbocycles. The Morgan fingerprint density at radius 3 is 1.17 bits per heavy atom. The molecular formula is C59H100BrN13O10S. The number of unbranched alkanes of at least 4 members (excludes halogenated alkanes) is 3. The van der Waals surface area contributed by atoms with Crippen molar-refractivity contribution >= 4 is 73.2 Å². The maximum absolute atomic E-state index is 14.5. The molecule has 0 fully saturated rings. The van der Waals surface area contributed by atoms with Gasteiger partial charge in [0.25, 0.3) is 0 Å². The summed E-state index contributed by atoms with van der Waals surface area (Å²) in [5.41, 5.74) is 30.5. The monoisotopic (exact) mass is 1260 g/mol. The average Bonchev–Trinajstić information content (AvgIpc) is 3.62. The molecule has 0 aromatic heterocycles. The summed E-state index contributed by atoms with van der Waals surface area (Å²) in [6.07, 6.45) is 4.07. The first-order valence-corrected chi connectivity index (χ1v) is 31.9. The zero-order valence-corrected chi connectivity index (χ0v) is 53.2. The normalized spacial score (nSPS) is 14.6. The number of carbonyl (C=O) groups is 8. The predicted molar refractivity (Wildman–Crippen MR) is 330 cm³/mol. The van der Waals surface area contributed by atoms with E-state index in [1.165, 1.54) is 12.1 Å². The minimum Gasteiger partial charge on any atom is -0.368 e. The molecule has 23 nitrogen and oxygen atoms in total. The van der Waals surface area contributed by atoms with Gasteiger partial charge in [-0.2, -0.15) is 4.31 Å². The van der Waals surface area contributed by atoms with Crippen molar-refractivity contribution in [2.75, 3.05) is 32.7 Å². The molecule has 2 rings (SSSR count). The molecule has 0 aliphatic rings. The van der Waals surface area contributed by atoms with Gasteiger partial charge in [0, 0.05) is 17.1 Å². The van der Waals surface area contributed by atoms with Gasteiger partial charge in [0.05, 0.1) is 11.4 Å². The standard InChI is InChI=1S/C59H100BrN13O10S/c1-37(2)30-48(53(65)75)69-58(80)50(32-39(5)6)71-56(78)47(22-14-17-29-63)67-55(77)46(21-13-16-28-62)68-57(79)49(31-38(3)4)72-59(81)51(33-40(7)8)70-54(76)45(20-12-15-27-61)66-52(74)36-73(35-43(64)34-41-18-10-9-11-19-41)84(82,83)44-25-23-42(60)24-26-44/h9-11,18-19,23-26,37-40,43,45-51H,12-17,20-22,27-36,61-64H2,1-8H3,(H2,65,75)(H,66,74)(H,67,77)(H,68,79)(H,69,80)(H,70,76)(H,71,78)(H,72,81)/t43-,45-,46-,47-,48-,49-,50-,51-/m0/s1. The van der Waals surface area contributed by atoms with Gasteiger partial charge in [0.2, 0.25) is 57.3 Å². The number of halogens is 1. The average molecular weight is 1260 g/mol. The fourth-order valence-corrected chi connectivity index (χ4v) is 11.1. The van der Waals surface area contributed by atoms with E-state index in [0.717, 1.165) is 9.87 Å². The van der Waals surface area contributed by atoms with E-state index in [2.05, 4.69) is 53.1 Å². The van der Waals surface area contributed by atoms with Crippen molar-refractivity contribution < 1.29 is 46.8 Å². The summed E-state index contributed by atoms with van der Waals surface area (Å²) in [7, 11) is -4.30. The largest absolute Gasteiger partial charge is 0.368 e. The third kappa shape index (κ3) is 28.5. The second-order valence-corrected chi connectivity index (χ2v) is 26.3. The summed E-state index contributed by atoms with van der Waals surface area (Å²) < 4.78 is 30.0. The lowest BCUT2D eigenvalue weighted by atomic mass is 9.98. The smallest absolute Gasteiger partial charge is 0.243 e. The van der Waals surface area contributed by atoms with Crippen LogP contribution in [0.25, 0.3) is 0 Å². The van der Waals surface area contributed by atoms with Crippen molar-refractivity contribution in [1.82, 2.24) is 41.5 Å². The molecule has 2 aromatic rings. The molecule has 8 amide bonds. The number of hydrogen-bond donors (Lipinski definition) is 12. The number of rotatable bonds is 42. The molecule has 0 spiro atoms. The first-order valence-electron chi connectivity index (χ1n) is 29.7. The summed E-state index contributed by atoms with van der Waals surface area (Å²) in [6.45, 7) is 14.8. The van der Waals surface area contributed by atoms with Gasteiger partial charge in [-0.25, -0.2) is 8.42 Å². The quantitative estimate of drug-likeness (QED) is 0.0425. The molecule has 0 unspecified atom stereocenters. The number of nitrogens with two attached hydrogens (primary N) is 5. The van der Waals surface area contributed by atoms with Crippen molar-refractivity contribution in [1.29, 1.82) is 0 Å². The number of carbonyl (C=O) groups excluding carboxylic acids is 8. The van der Waals surface area contributed by atoms with Crippen LogP contribution in [0.5, 0.6) is 0 Å². The number of amides is 8. The topological polar surface area (TPSA) is 388 Å². The van der Waals surface area contributed by atoms with Crippen molar-refractivity contribution in [2.24, 2.45) is 52.3 Å². The Bertz CT molecular complexity index is 2470. The van der Waals surface area contributed by atoms with E-state index in [4.69, 9.17) is 28.7 Å². The molecule has 0 radical (unpaired) electrons. The Morgan fingerprint density at radius 2 is 0.810 bits per heavy atom. The summed E-state index contributed by atoms with van der Waals surface area (Å²) in [4.78, 5) is 112. The molecular weight excluding hydrogens is 1160 g/mol. The van der Waals surface area contributed by atoms with Crippen molar-refractivity contribution in [3.63, 3.8) is 0 Å². The molecule has 2 aromatic carbocycles. The molecule has 0 saturated carbocycles. The van der Waals surface area contributed by atoms with Gasteiger partial charge in [-0.1, -0.05) is 102 Å². The second-order valence-electron chi connectivity index (χ2n) is 23.5. The second kappa shape index (κ2) is 39.2.